The number of fused-ring (bicyclic) bond motifs is 3. The minimum Gasteiger partial charge on any atom is -0.322 e. The third-order valence-electron chi connectivity index (χ3n) is 2.67. The molecule has 1 atom stereocenters. The van der Waals surface area contributed by atoms with Gasteiger partial charge in [0.05, 0.1) is 17.8 Å². The zero-order chi connectivity index (χ0) is 9.71. The second-order valence-electron chi connectivity index (χ2n) is 3.49. The topological polar surface area (TPSA) is 49.4 Å². The lowest BCUT2D eigenvalue weighted by Gasteiger charge is -2.43. The van der Waals surface area contributed by atoms with Crippen molar-refractivity contribution in [2.75, 3.05) is 10.2 Å². The Kier molecular flexibility index (Phi) is 1.27. The van der Waals surface area contributed by atoms with Gasteiger partial charge in [-0.15, -0.1) is 0 Å². The van der Waals surface area contributed by atoms with Crippen LogP contribution in [-0.4, -0.2) is 17.9 Å². The molecule has 70 valence electrons. The molecule has 3 rings (SSSR count). The highest BCUT2D eigenvalue weighted by atomic mass is 16.2. The van der Waals surface area contributed by atoms with Crippen molar-refractivity contribution in [2.24, 2.45) is 0 Å². The van der Waals surface area contributed by atoms with Crippen molar-refractivity contribution in [3.8, 4) is 0 Å². The van der Waals surface area contributed by atoms with E-state index < -0.39 is 0 Å². The van der Waals surface area contributed by atoms with Crippen LogP contribution in [0.2, 0.25) is 0 Å². The van der Waals surface area contributed by atoms with Gasteiger partial charge in [-0.1, -0.05) is 12.1 Å². The minimum atomic E-state index is -0.280. The summed E-state index contributed by atoms with van der Waals surface area (Å²) in [7, 11) is 0. The van der Waals surface area contributed by atoms with Crippen LogP contribution in [0.4, 0.5) is 11.4 Å². The van der Waals surface area contributed by atoms with E-state index in [0.717, 1.165) is 11.4 Å². The summed E-state index contributed by atoms with van der Waals surface area (Å²) in [5.74, 6) is -0.0550. The number of nitrogens with zero attached hydrogens (tertiary/aromatic N) is 1. The van der Waals surface area contributed by atoms with E-state index in [1.54, 1.807) is 11.0 Å². The van der Waals surface area contributed by atoms with Crippen molar-refractivity contribution in [2.45, 2.75) is 12.5 Å². The largest absolute Gasteiger partial charge is 0.322 e. The molecular formula is C10H8N2O2. The zero-order valence-electron chi connectivity index (χ0n) is 7.36. The van der Waals surface area contributed by atoms with Gasteiger partial charge < -0.3 is 5.32 Å². The molecule has 1 N–H and O–H groups in total. The smallest absolute Gasteiger partial charge is 0.248 e. The van der Waals surface area contributed by atoms with Crippen LogP contribution in [0.1, 0.15) is 6.42 Å². The maximum absolute atomic E-state index is 11.5. The van der Waals surface area contributed by atoms with Gasteiger partial charge in [0.2, 0.25) is 11.8 Å². The van der Waals surface area contributed by atoms with Crippen molar-refractivity contribution in [3.63, 3.8) is 0 Å². The average molecular weight is 188 g/mol. The van der Waals surface area contributed by atoms with Crippen molar-refractivity contribution < 1.29 is 9.59 Å². The molecular weight excluding hydrogens is 180 g/mol. The number of benzene rings is 1. The maximum Gasteiger partial charge on any atom is 0.248 e. The number of amides is 2. The number of rotatable bonds is 0. The number of β-lactam (4-membered cyclic amide) rings is 1. The van der Waals surface area contributed by atoms with Gasteiger partial charge in [-0.2, -0.15) is 0 Å². The Morgan fingerprint density at radius 3 is 2.86 bits per heavy atom. The first-order valence-corrected chi connectivity index (χ1v) is 4.49. The molecule has 0 bridgehead atoms. The van der Waals surface area contributed by atoms with Gasteiger partial charge in [-0.25, -0.2) is 0 Å². The van der Waals surface area contributed by atoms with Gasteiger partial charge in [-0.05, 0) is 12.1 Å². The Balaban J connectivity index is 2.15. The summed E-state index contributed by atoms with van der Waals surface area (Å²) in [6, 6.07) is 7.06. The molecule has 1 aromatic rings. The van der Waals surface area contributed by atoms with Gasteiger partial charge in [-0.3, -0.25) is 14.5 Å². The van der Waals surface area contributed by atoms with E-state index in [4.69, 9.17) is 0 Å². The highest BCUT2D eigenvalue weighted by Gasteiger charge is 2.45. The Labute approximate surface area is 80.5 Å². The van der Waals surface area contributed by atoms with E-state index in [0.29, 0.717) is 6.42 Å². The molecule has 4 nitrogen and oxygen atoms in total. The van der Waals surface area contributed by atoms with Gasteiger partial charge in [0, 0.05) is 0 Å². The highest BCUT2D eigenvalue weighted by molar-refractivity contribution is 6.18. The fraction of sp³-hybridized carbons (Fsp3) is 0.200. The molecule has 14 heavy (non-hydrogen) atoms. The Morgan fingerprint density at radius 2 is 2.07 bits per heavy atom. The average Bonchev–Trinajstić information content (AvgIpc) is 2.16. The molecule has 0 aromatic heterocycles. The van der Waals surface area contributed by atoms with Crippen molar-refractivity contribution in [1.29, 1.82) is 0 Å². The minimum absolute atomic E-state index is 0.0253. The molecule has 0 radical (unpaired) electrons. The van der Waals surface area contributed by atoms with Crippen molar-refractivity contribution in [1.82, 2.24) is 0 Å². The summed E-state index contributed by atoms with van der Waals surface area (Å²) in [6.07, 6.45) is 0.333. The Hall–Kier alpha value is -1.84. The predicted octanol–water partition coefficient (Wildman–Crippen LogP) is 0.744. The van der Waals surface area contributed by atoms with Crippen molar-refractivity contribution in [3.05, 3.63) is 24.3 Å². The number of hydrogen-bond acceptors (Lipinski definition) is 2. The number of hydrogen-bond donors (Lipinski definition) is 1. The second kappa shape index (κ2) is 2.35. The van der Waals surface area contributed by atoms with E-state index in [1.807, 2.05) is 18.2 Å². The molecule has 0 saturated carbocycles. The van der Waals surface area contributed by atoms with Gasteiger partial charge >= 0.3 is 0 Å². The summed E-state index contributed by atoms with van der Waals surface area (Å²) < 4.78 is 0. The molecule has 0 spiro atoms. The first kappa shape index (κ1) is 7.55. The van der Waals surface area contributed by atoms with E-state index >= 15 is 0 Å². The number of carbonyl (C=O) groups is 2. The number of carbonyl (C=O) groups excluding carboxylic acids is 2. The van der Waals surface area contributed by atoms with Crippen LogP contribution < -0.4 is 10.2 Å². The lowest BCUT2D eigenvalue weighted by Crippen LogP contribution is -2.61. The lowest BCUT2D eigenvalue weighted by molar-refractivity contribution is -0.131. The molecule has 0 aliphatic carbocycles. The molecule has 4 heteroatoms. The third kappa shape index (κ3) is 0.775. The van der Waals surface area contributed by atoms with Crippen LogP contribution in [0.25, 0.3) is 0 Å². The summed E-state index contributed by atoms with van der Waals surface area (Å²) in [4.78, 5) is 24.3. The van der Waals surface area contributed by atoms with Crippen LogP contribution in [0.15, 0.2) is 24.3 Å². The molecule has 2 heterocycles. The SMILES string of the molecule is O=C1Nc2ccccc2N2C(=O)CC12. The summed E-state index contributed by atoms with van der Waals surface area (Å²) >= 11 is 0. The summed E-state index contributed by atoms with van der Waals surface area (Å²) in [5.41, 5.74) is 1.54. The molecule has 1 aromatic carbocycles. The Morgan fingerprint density at radius 1 is 1.29 bits per heavy atom. The molecule has 2 aliphatic heterocycles. The van der Waals surface area contributed by atoms with Crippen LogP contribution in [0, 0.1) is 0 Å². The predicted molar refractivity (Wildman–Crippen MR) is 51.0 cm³/mol. The van der Waals surface area contributed by atoms with Crippen LogP contribution in [0.3, 0.4) is 0 Å². The lowest BCUT2D eigenvalue weighted by atomic mass is 9.96. The standard InChI is InChI=1S/C10H8N2O2/c13-9-5-8-10(14)11-6-3-1-2-4-7(6)12(8)9/h1-4,8H,5H2,(H,11,14). The fourth-order valence-corrected chi connectivity index (χ4v) is 1.93. The summed E-state index contributed by atoms with van der Waals surface area (Å²) in [6.45, 7) is 0. The molecule has 2 aliphatic rings. The fourth-order valence-electron chi connectivity index (χ4n) is 1.93. The van der Waals surface area contributed by atoms with E-state index in [2.05, 4.69) is 5.32 Å². The van der Waals surface area contributed by atoms with Gasteiger partial charge in [0.15, 0.2) is 0 Å². The maximum atomic E-state index is 11.5. The second-order valence-corrected chi connectivity index (χ2v) is 3.49. The summed E-state index contributed by atoms with van der Waals surface area (Å²) in [5, 5.41) is 2.78. The van der Waals surface area contributed by atoms with Crippen molar-refractivity contribution >= 4 is 23.2 Å². The van der Waals surface area contributed by atoms with Crippen LogP contribution in [-0.2, 0) is 9.59 Å². The highest BCUT2D eigenvalue weighted by Crippen LogP contribution is 2.37. The normalized spacial score (nSPS) is 23.4. The molecule has 1 saturated heterocycles. The molecule has 1 fully saturated rings. The molecule has 1 unspecified atom stereocenters. The van der Waals surface area contributed by atoms with E-state index in [1.165, 1.54) is 0 Å². The van der Waals surface area contributed by atoms with Crippen LogP contribution >= 0.6 is 0 Å². The van der Waals surface area contributed by atoms with Gasteiger partial charge in [0.25, 0.3) is 0 Å². The quantitative estimate of drug-likeness (QED) is 0.610. The van der Waals surface area contributed by atoms with E-state index in [-0.39, 0.29) is 17.9 Å². The van der Waals surface area contributed by atoms with E-state index in [9.17, 15) is 9.59 Å². The number of nitrogens with one attached hydrogen (secondary N) is 1. The number of para-hydroxylation sites is 2. The monoisotopic (exact) mass is 188 g/mol. The van der Waals surface area contributed by atoms with Gasteiger partial charge in [0.1, 0.15) is 6.04 Å². The third-order valence-corrected chi connectivity index (χ3v) is 2.67. The van der Waals surface area contributed by atoms with Crippen LogP contribution in [0.5, 0.6) is 0 Å². The Bertz CT molecular complexity index is 442. The zero-order valence-corrected chi connectivity index (χ0v) is 7.36. The first-order chi connectivity index (χ1) is 6.77. The number of anilines is 2. The first-order valence-electron chi connectivity index (χ1n) is 4.49. The molecule has 2 amide bonds.